The number of nitrogens with one attached hydrogen (secondary N) is 2. The summed E-state index contributed by atoms with van der Waals surface area (Å²) in [5, 5.41) is 3.20. The molecule has 8 nitrogen and oxygen atoms in total. The van der Waals surface area contributed by atoms with Crippen LogP contribution in [0.25, 0.3) is 0 Å². The number of methoxy groups -OCH3 is 1. The number of carbonyl (C=O) groups is 1. The summed E-state index contributed by atoms with van der Waals surface area (Å²) in [7, 11) is -0.659. The molecule has 2 atom stereocenters. The molecule has 3 aromatic rings. The van der Waals surface area contributed by atoms with Crippen molar-refractivity contribution in [2.75, 3.05) is 7.11 Å². The number of aryl methyl sites for hydroxylation is 1. The van der Waals surface area contributed by atoms with Gasteiger partial charge in [0, 0.05) is 19.4 Å². The van der Waals surface area contributed by atoms with E-state index in [1.54, 1.807) is 49.3 Å². The Morgan fingerprint density at radius 1 is 1.16 bits per heavy atom. The minimum Gasteiger partial charge on any atom is -0.497 e. The second-order valence-corrected chi connectivity index (χ2v) is 9.56. The second kappa shape index (κ2) is 9.91. The monoisotopic (exact) mass is 496 g/mol. The average molecular weight is 497 g/mol. The third kappa shape index (κ3) is 5.42. The van der Waals surface area contributed by atoms with Gasteiger partial charge in [-0.2, -0.15) is 4.72 Å². The minimum absolute atomic E-state index is 0.0968. The highest BCUT2D eigenvalue weighted by molar-refractivity contribution is 7.89. The predicted molar refractivity (Wildman–Crippen MR) is 122 cm³/mol. The number of imidazole rings is 1. The molecule has 32 heavy (non-hydrogen) atoms. The van der Waals surface area contributed by atoms with Crippen molar-refractivity contribution < 1.29 is 17.9 Å². The molecular weight excluding hydrogens is 475 g/mol. The largest absolute Gasteiger partial charge is 0.497 e. The van der Waals surface area contributed by atoms with E-state index in [1.165, 1.54) is 25.1 Å². The van der Waals surface area contributed by atoms with E-state index in [9.17, 15) is 13.2 Å². The minimum atomic E-state index is -4.01. The third-order valence-electron chi connectivity index (χ3n) is 4.76. The molecule has 0 radical (unpaired) electrons. The Kier molecular flexibility index (Phi) is 7.45. The fourth-order valence-electron chi connectivity index (χ4n) is 3.04. The summed E-state index contributed by atoms with van der Waals surface area (Å²) in [6, 6.07) is 9.40. The lowest BCUT2D eigenvalue weighted by Crippen LogP contribution is -2.46. The molecule has 0 aliphatic carbocycles. The Morgan fingerprint density at radius 3 is 2.53 bits per heavy atom. The molecule has 11 heteroatoms. The highest BCUT2D eigenvalue weighted by Crippen LogP contribution is 2.26. The Balaban J connectivity index is 1.84. The summed E-state index contributed by atoms with van der Waals surface area (Å²) < 4.78 is 34.8. The highest BCUT2D eigenvalue weighted by Gasteiger charge is 2.27. The molecule has 1 heterocycles. The van der Waals surface area contributed by atoms with Gasteiger partial charge in [0.2, 0.25) is 15.9 Å². The van der Waals surface area contributed by atoms with Crippen LogP contribution in [0, 0.1) is 0 Å². The smallest absolute Gasteiger partial charge is 0.241 e. The van der Waals surface area contributed by atoms with Crippen LogP contribution in [0.5, 0.6) is 5.75 Å². The number of aromatic nitrogens is 2. The molecule has 0 bridgehead atoms. The predicted octanol–water partition coefficient (Wildman–Crippen LogP) is 3.31. The van der Waals surface area contributed by atoms with Crippen LogP contribution in [0.1, 0.15) is 24.4 Å². The van der Waals surface area contributed by atoms with Gasteiger partial charge in [-0.25, -0.2) is 13.4 Å². The fraction of sp³-hybridized carbons (Fsp3) is 0.238. The van der Waals surface area contributed by atoms with Gasteiger partial charge in [-0.3, -0.25) is 4.79 Å². The molecule has 0 aliphatic rings. The summed E-state index contributed by atoms with van der Waals surface area (Å²) in [6.45, 7) is 1.45. The summed E-state index contributed by atoms with van der Waals surface area (Å²) in [5.74, 6) is 0.653. The molecule has 1 amide bonds. The van der Waals surface area contributed by atoms with E-state index < -0.39 is 28.0 Å². The first-order chi connectivity index (χ1) is 15.1. The molecule has 0 saturated heterocycles. The number of rotatable bonds is 8. The first kappa shape index (κ1) is 24.1. The number of carbonyl (C=O) groups excluding carboxylic acids is 1. The molecule has 0 spiro atoms. The summed E-state index contributed by atoms with van der Waals surface area (Å²) >= 11 is 11.8. The Labute approximate surface area is 196 Å². The molecule has 0 unspecified atom stereocenters. The number of amides is 1. The van der Waals surface area contributed by atoms with Gasteiger partial charge in [-0.15, -0.1) is 0 Å². The van der Waals surface area contributed by atoms with Crippen LogP contribution >= 0.6 is 23.2 Å². The van der Waals surface area contributed by atoms with E-state index in [-0.39, 0.29) is 14.9 Å². The fourth-order valence-corrected chi connectivity index (χ4v) is 4.63. The van der Waals surface area contributed by atoms with E-state index in [4.69, 9.17) is 27.9 Å². The number of hydrogen-bond acceptors (Lipinski definition) is 5. The number of halogens is 2. The van der Waals surface area contributed by atoms with Gasteiger partial charge in [-0.1, -0.05) is 35.3 Å². The third-order valence-corrected chi connectivity index (χ3v) is 7.03. The molecule has 0 aliphatic heterocycles. The standard InChI is InChI=1S/C21H22Cl2N4O4S/c1-13(26-32(29,30)16-7-8-17(22)18(23)12-16)21(28)25-19(20-24-9-10-27(20)2)14-5-4-6-15(11-14)31-3/h4-13,19,26H,1-3H3,(H,25,28)/t13-,19+/m0/s1. The first-order valence-electron chi connectivity index (χ1n) is 9.51. The molecule has 3 rings (SSSR count). The van der Waals surface area contributed by atoms with Crippen LogP contribution in [0.4, 0.5) is 0 Å². The number of nitrogens with zero attached hydrogens (tertiary/aromatic N) is 2. The van der Waals surface area contributed by atoms with Gasteiger partial charge < -0.3 is 14.6 Å². The van der Waals surface area contributed by atoms with E-state index in [2.05, 4.69) is 15.0 Å². The maximum Gasteiger partial charge on any atom is 0.241 e. The molecule has 2 N–H and O–H groups in total. The van der Waals surface area contributed by atoms with E-state index >= 15 is 0 Å². The van der Waals surface area contributed by atoms with Crippen LogP contribution in [-0.2, 0) is 21.9 Å². The molecular formula is C21H22Cl2N4O4S. The first-order valence-corrected chi connectivity index (χ1v) is 11.7. The lowest BCUT2D eigenvalue weighted by Gasteiger charge is -2.22. The van der Waals surface area contributed by atoms with E-state index in [0.29, 0.717) is 11.6 Å². The number of sulfonamides is 1. The maximum atomic E-state index is 13.0. The molecule has 0 saturated carbocycles. The van der Waals surface area contributed by atoms with Crippen LogP contribution < -0.4 is 14.8 Å². The van der Waals surface area contributed by atoms with Gasteiger partial charge in [0.05, 0.1) is 28.1 Å². The van der Waals surface area contributed by atoms with Gasteiger partial charge in [0.25, 0.3) is 0 Å². The molecule has 1 aromatic heterocycles. The number of hydrogen-bond donors (Lipinski definition) is 2. The van der Waals surface area contributed by atoms with Crippen molar-refractivity contribution in [1.29, 1.82) is 0 Å². The number of ether oxygens (including phenoxy) is 1. The van der Waals surface area contributed by atoms with Crippen molar-refractivity contribution in [2.24, 2.45) is 7.05 Å². The van der Waals surface area contributed by atoms with Gasteiger partial charge in [0.1, 0.15) is 17.6 Å². The van der Waals surface area contributed by atoms with Crippen LogP contribution in [0.15, 0.2) is 59.8 Å². The lowest BCUT2D eigenvalue weighted by atomic mass is 10.1. The van der Waals surface area contributed by atoms with Crippen LogP contribution in [0.2, 0.25) is 10.0 Å². The molecule has 0 fully saturated rings. The van der Waals surface area contributed by atoms with Gasteiger partial charge in [0.15, 0.2) is 0 Å². The van der Waals surface area contributed by atoms with E-state index in [1.807, 2.05) is 6.07 Å². The van der Waals surface area contributed by atoms with E-state index in [0.717, 1.165) is 5.56 Å². The quantitative estimate of drug-likeness (QED) is 0.497. The molecule has 170 valence electrons. The highest BCUT2D eigenvalue weighted by atomic mass is 35.5. The van der Waals surface area contributed by atoms with Crippen molar-refractivity contribution in [1.82, 2.24) is 19.6 Å². The van der Waals surface area contributed by atoms with Crippen LogP contribution in [-0.4, -0.2) is 37.0 Å². The zero-order chi connectivity index (χ0) is 23.5. The van der Waals surface area contributed by atoms with Crippen molar-refractivity contribution in [2.45, 2.75) is 23.9 Å². The van der Waals surface area contributed by atoms with Crippen molar-refractivity contribution in [3.05, 3.63) is 76.3 Å². The normalized spacial score (nSPS) is 13.4. The maximum absolute atomic E-state index is 13.0. The van der Waals surface area contributed by atoms with Crippen molar-refractivity contribution in [3.63, 3.8) is 0 Å². The Bertz CT molecular complexity index is 1230. The summed E-state index contributed by atoms with van der Waals surface area (Å²) in [6.07, 6.45) is 3.37. The van der Waals surface area contributed by atoms with Crippen molar-refractivity contribution >= 4 is 39.1 Å². The lowest BCUT2D eigenvalue weighted by molar-refractivity contribution is -0.122. The van der Waals surface area contributed by atoms with Crippen LogP contribution in [0.3, 0.4) is 0 Å². The number of benzene rings is 2. The summed E-state index contributed by atoms with van der Waals surface area (Å²) in [4.78, 5) is 17.2. The average Bonchev–Trinajstić information content (AvgIpc) is 3.18. The van der Waals surface area contributed by atoms with Gasteiger partial charge >= 0.3 is 0 Å². The van der Waals surface area contributed by atoms with Crippen molar-refractivity contribution in [3.8, 4) is 5.75 Å². The van der Waals surface area contributed by atoms with Gasteiger partial charge in [-0.05, 0) is 42.8 Å². The Morgan fingerprint density at radius 2 is 1.91 bits per heavy atom. The zero-order valence-electron chi connectivity index (χ0n) is 17.5. The topological polar surface area (TPSA) is 102 Å². The second-order valence-electron chi connectivity index (χ2n) is 7.03. The Hall–Kier alpha value is -2.59. The zero-order valence-corrected chi connectivity index (χ0v) is 19.9. The molecule has 2 aromatic carbocycles. The SMILES string of the molecule is COc1cccc([C@@H](NC(=O)[C@H](C)NS(=O)(=O)c2ccc(Cl)c(Cl)c2)c2nccn2C)c1. The summed E-state index contributed by atoms with van der Waals surface area (Å²) in [5.41, 5.74) is 0.728.